The number of benzene rings is 1. The first-order valence-electron chi connectivity index (χ1n) is 6.46. The van der Waals surface area contributed by atoms with Gasteiger partial charge < -0.3 is 9.30 Å². The number of ether oxygens (including phenoxy) is 1. The molecule has 1 aliphatic carbocycles. The van der Waals surface area contributed by atoms with Crippen molar-refractivity contribution >= 4 is 18.0 Å². The second-order valence-electron chi connectivity index (χ2n) is 4.73. The van der Waals surface area contributed by atoms with Gasteiger partial charge in [-0.25, -0.2) is 0 Å². The van der Waals surface area contributed by atoms with Gasteiger partial charge in [0.1, 0.15) is 18.4 Å². The molecule has 0 saturated heterocycles. The average molecular weight is 289 g/mol. The Balaban J connectivity index is 1.76. The van der Waals surface area contributed by atoms with E-state index in [2.05, 4.69) is 14.8 Å². The van der Waals surface area contributed by atoms with Crippen molar-refractivity contribution in [3.63, 3.8) is 0 Å². The Kier molecular flexibility index (Phi) is 3.73. The highest BCUT2D eigenvalue weighted by atomic mass is 32.2. The van der Waals surface area contributed by atoms with Crippen molar-refractivity contribution in [1.29, 1.82) is 0 Å². The number of aromatic nitrogens is 3. The predicted molar refractivity (Wildman–Crippen MR) is 76.2 cm³/mol. The number of carbonyl (C=O) groups is 1. The molecule has 1 aromatic carbocycles. The largest absolute Gasteiger partial charge is 0.496 e. The Labute approximate surface area is 121 Å². The van der Waals surface area contributed by atoms with Gasteiger partial charge in [-0.1, -0.05) is 11.8 Å². The van der Waals surface area contributed by atoms with E-state index in [9.17, 15) is 4.79 Å². The minimum atomic E-state index is 0.565. The third-order valence-electron chi connectivity index (χ3n) is 3.28. The van der Waals surface area contributed by atoms with E-state index in [1.807, 2.05) is 12.1 Å². The highest BCUT2D eigenvalue weighted by molar-refractivity contribution is 7.98. The molecule has 0 unspecified atom stereocenters. The summed E-state index contributed by atoms with van der Waals surface area (Å²) in [6.45, 7) is 0. The second-order valence-corrected chi connectivity index (χ2v) is 5.67. The summed E-state index contributed by atoms with van der Waals surface area (Å²) in [5.41, 5.74) is 1.65. The van der Waals surface area contributed by atoms with Crippen molar-refractivity contribution in [3.8, 4) is 5.75 Å². The maximum absolute atomic E-state index is 10.9. The van der Waals surface area contributed by atoms with Crippen molar-refractivity contribution < 1.29 is 9.53 Å². The molecule has 1 saturated carbocycles. The molecule has 20 heavy (non-hydrogen) atoms. The zero-order chi connectivity index (χ0) is 13.9. The van der Waals surface area contributed by atoms with Gasteiger partial charge >= 0.3 is 0 Å². The van der Waals surface area contributed by atoms with Crippen molar-refractivity contribution in [1.82, 2.24) is 14.8 Å². The van der Waals surface area contributed by atoms with Gasteiger partial charge in [-0.3, -0.25) is 4.79 Å². The van der Waals surface area contributed by atoms with Gasteiger partial charge in [0.05, 0.1) is 7.11 Å². The lowest BCUT2D eigenvalue weighted by Crippen LogP contribution is -1.96. The second kappa shape index (κ2) is 5.66. The predicted octanol–water partition coefficient (Wildman–Crippen LogP) is 2.73. The molecule has 0 atom stereocenters. The van der Waals surface area contributed by atoms with E-state index in [0.717, 1.165) is 22.8 Å². The molecule has 1 aromatic heterocycles. The molecular formula is C14H15N3O2S. The van der Waals surface area contributed by atoms with Crippen LogP contribution in [0.2, 0.25) is 0 Å². The van der Waals surface area contributed by atoms with Crippen LogP contribution in [0.5, 0.6) is 5.75 Å². The number of aldehydes is 1. The number of hydrogen-bond acceptors (Lipinski definition) is 5. The molecule has 104 valence electrons. The van der Waals surface area contributed by atoms with Crippen LogP contribution in [0, 0.1) is 0 Å². The van der Waals surface area contributed by atoms with Gasteiger partial charge in [-0.2, -0.15) is 0 Å². The van der Waals surface area contributed by atoms with Crippen LogP contribution in [0.4, 0.5) is 0 Å². The van der Waals surface area contributed by atoms with Gasteiger partial charge in [0.2, 0.25) is 0 Å². The van der Waals surface area contributed by atoms with Crippen molar-refractivity contribution in [2.75, 3.05) is 7.11 Å². The number of methoxy groups -OCH3 is 1. The van der Waals surface area contributed by atoms with Crippen molar-refractivity contribution in [2.24, 2.45) is 0 Å². The summed E-state index contributed by atoms with van der Waals surface area (Å²) >= 11 is 1.62. The van der Waals surface area contributed by atoms with Crippen LogP contribution in [-0.2, 0) is 5.75 Å². The lowest BCUT2D eigenvalue weighted by molar-refractivity contribution is 0.112. The van der Waals surface area contributed by atoms with Crippen LogP contribution in [-0.4, -0.2) is 28.2 Å². The van der Waals surface area contributed by atoms with Crippen LogP contribution >= 0.6 is 11.8 Å². The maximum Gasteiger partial charge on any atom is 0.191 e. The minimum Gasteiger partial charge on any atom is -0.496 e. The Morgan fingerprint density at radius 2 is 2.35 bits per heavy atom. The van der Waals surface area contributed by atoms with Gasteiger partial charge in [-0.05, 0) is 31.0 Å². The van der Waals surface area contributed by atoms with E-state index in [1.165, 1.54) is 12.8 Å². The van der Waals surface area contributed by atoms with E-state index in [-0.39, 0.29) is 0 Å². The molecule has 0 N–H and O–H groups in total. The molecule has 0 amide bonds. The Morgan fingerprint density at radius 3 is 3.05 bits per heavy atom. The quantitative estimate of drug-likeness (QED) is 0.604. The number of nitrogens with zero attached hydrogens (tertiary/aromatic N) is 3. The van der Waals surface area contributed by atoms with Gasteiger partial charge in [0, 0.05) is 22.9 Å². The highest BCUT2D eigenvalue weighted by Gasteiger charge is 2.26. The van der Waals surface area contributed by atoms with E-state index in [4.69, 9.17) is 4.74 Å². The Hall–Kier alpha value is -1.82. The zero-order valence-corrected chi connectivity index (χ0v) is 12.0. The Morgan fingerprint density at radius 1 is 1.50 bits per heavy atom. The number of rotatable bonds is 6. The van der Waals surface area contributed by atoms with Crippen LogP contribution in [0.25, 0.3) is 0 Å². The SMILES string of the molecule is COc1ccc(C=O)cc1CSc1nncn1C1CC1. The summed E-state index contributed by atoms with van der Waals surface area (Å²) in [4.78, 5) is 10.9. The van der Waals surface area contributed by atoms with Crippen LogP contribution in [0.3, 0.4) is 0 Å². The molecule has 2 aromatic rings. The Bertz CT molecular complexity index is 623. The van der Waals surface area contributed by atoms with E-state index in [1.54, 1.807) is 31.3 Å². The monoisotopic (exact) mass is 289 g/mol. The van der Waals surface area contributed by atoms with Crippen LogP contribution in [0.15, 0.2) is 29.7 Å². The van der Waals surface area contributed by atoms with E-state index in [0.29, 0.717) is 17.4 Å². The molecule has 3 rings (SSSR count). The lowest BCUT2D eigenvalue weighted by Gasteiger charge is -2.09. The number of carbonyl (C=O) groups excluding carboxylic acids is 1. The molecule has 0 aliphatic heterocycles. The summed E-state index contributed by atoms with van der Waals surface area (Å²) in [6.07, 6.45) is 5.05. The molecule has 0 radical (unpaired) electrons. The fourth-order valence-electron chi connectivity index (χ4n) is 2.07. The molecule has 1 heterocycles. The first-order chi connectivity index (χ1) is 9.81. The average Bonchev–Trinajstić information content (AvgIpc) is 3.23. The molecule has 0 spiro atoms. The summed E-state index contributed by atoms with van der Waals surface area (Å²) in [5.74, 6) is 1.50. The third-order valence-corrected chi connectivity index (χ3v) is 4.28. The fourth-order valence-corrected chi connectivity index (χ4v) is 3.03. The summed E-state index contributed by atoms with van der Waals surface area (Å²) < 4.78 is 7.46. The molecular weight excluding hydrogens is 274 g/mol. The first kappa shape index (κ1) is 13.2. The van der Waals surface area contributed by atoms with Gasteiger partial charge in [0.15, 0.2) is 5.16 Å². The van der Waals surface area contributed by atoms with Crippen LogP contribution in [0.1, 0.15) is 34.8 Å². The molecule has 5 nitrogen and oxygen atoms in total. The van der Waals surface area contributed by atoms with Gasteiger partial charge in [0.25, 0.3) is 0 Å². The van der Waals surface area contributed by atoms with E-state index < -0.39 is 0 Å². The van der Waals surface area contributed by atoms with Crippen LogP contribution < -0.4 is 4.74 Å². The zero-order valence-electron chi connectivity index (χ0n) is 11.2. The number of thioether (sulfide) groups is 1. The summed E-state index contributed by atoms with van der Waals surface area (Å²) in [6, 6.07) is 6.00. The minimum absolute atomic E-state index is 0.565. The topological polar surface area (TPSA) is 57.0 Å². The lowest BCUT2D eigenvalue weighted by atomic mass is 10.1. The summed E-state index contributed by atoms with van der Waals surface area (Å²) in [7, 11) is 1.64. The van der Waals surface area contributed by atoms with Crippen molar-refractivity contribution in [2.45, 2.75) is 29.8 Å². The summed E-state index contributed by atoms with van der Waals surface area (Å²) in [5, 5.41) is 9.06. The van der Waals surface area contributed by atoms with E-state index >= 15 is 0 Å². The number of hydrogen-bond donors (Lipinski definition) is 0. The molecule has 1 fully saturated rings. The van der Waals surface area contributed by atoms with Crippen molar-refractivity contribution in [3.05, 3.63) is 35.7 Å². The standard InChI is InChI=1S/C14H15N3O2S/c1-19-13-5-2-10(7-18)6-11(13)8-20-14-16-15-9-17(14)12-3-4-12/h2,5-7,9,12H,3-4,8H2,1H3. The normalized spacial score (nSPS) is 14.2. The smallest absolute Gasteiger partial charge is 0.191 e. The third kappa shape index (κ3) is 2.70. The van der Waals surface area contributed by atoms with Gasteiger partial charge in [-0.15, -0.1) is 10.2 Å². The fraction of sp³-hybridized carbons (Fsp3) is 0.357. The molecule has 0 bridgehead atoms. The molecule has 1 aliphatic rings. The highest BCUT2D eigenvalue weighted by Crippen LogP contribution is 2.38. The molecule has 6 heteroatoms. The maximum atomic E-state index is 10.9. The first-order valence-corrected chi connectivity index (χ1v) is 7.45.